The molecule has 0 radical (unpaired) electrons. The quantitative estimate of drug-likeness (QED) is 0.546. The first-order chi connectivity index (χ1) is 7.77. The largest absolute Gasteiger partial charge is 0.494 e. The lowest BCUT2D eigenvalue weighted by Gasteiger charge is -2.05. The fraction of sp³-hybridized carbons (Fsp3) is 0.417. The van der Waals surface area contributed by atoms with E-state index in [-0.39, 0.29) is 12.6 Å². The average Bonchev–Trinajstić information content (AvgIpc) is 2.30. The molecule has 0 heterocycles. The maximum Gasteiger partial charge on any atom is 0.338 e. The topological polar surface area (TPSA) is 44.8 Å². The number of carbonyl (C=O) groups excluding carboxylic acids is 1. The Hall–Kier alpha value is -1.55. The summed E-state index contributed by atoms with van der Waals surface area (Å²) in [5.41, 5.74) is 0.513. The average molecular weight is 224 g/mol. The van der Waals surface area contributed by atoms with Gasteiger partial charge >= 0.3 is 5.97 Å². The third-order valence-corrected chi connectivity index (χ3v) is 1.92. The van der Waals surface area contributed by atoms with Crippen LogP contribution in [0.1, 0.15) is 17.3 Å². The second-order valence-corrected chi connectivity index (χ2v) is 3.09. The van der Waals surface area contributed by atoms with Crippen molar-refractivity contribution in [3.63, 3.8) is 0 Å². The van der Waals surface area contributed by atoms with Gasteiger partial charge in [0.25, 0.3) is 0 Å². The van der Waals surface area contributed by atoms with Crippen molar-refractivity contribution in [1.29, 1.82) is 0 Å². The second-order valence-electron chi connectivity index (χ2n) is 3.09. The number of benzene rings is 1. The molecule has 0 aliphatic heterocycles. The molecule has 0 saturated carbocycles. The maximum atomic E-state index is 11.5. The van der Waals surface area contributed by atoms with Crippen molar-refractivity contribution < 1.29 is 19.0 Å². The van der Waals surface area contributed by atoms with Crippen molar-refractivity contribution in [1.82, 2.24) is 0 Å². The van der Waals surface area contributed by atoms with Gasteiger partial charge in [-0.2, -0.15) is 0 Å². The van der Waals surface area contributed by atoms with Crippen molar-refractivity contribution in [2.24, 2.45) is 0 Å². The molecule has 0 aliphatic carbocycles. The normalized spacial score (nSPS) is 9.88. The fourth-order valence-electron chi connectivity index (χ4n) is 1.15. The Balaban J connectivity index is 2.49. The summed E-state index contributed by atoms with van der Waals surface area (Å²) in [6.07, 6.45) is 0. The van der Waals surface area contributed by atoms with Crippen LogP contribution in [0.3, 0.4) is 0 Å². The van der Waals surface area contributed by atoms with E-state index in [9.17, 15) is 4.79 Å². The minimum absolute atomic E-state index is 0.266. The van der Waals surface area contributed by atoms with Gasteiger partial charge in [-0.1, -0.05) is 0 Å². The smallest absolute Gasteiger partial charge is 0.338 e. The molecule has 0 aromatic heterocycles. The van der Waals surface area contributed by atoms with Gasteiger partial charge in [0.05, 0.1) is 18.8 Å². The molecule has 0 N–H and O–H groups in total. The van der Waals surface area contributed by atoms with E-state index in [0.29, 0.717) is 18.8 Å². The number of hydrogen-bond acceptors (Lipinski definition) is 4. The molecule has 4 heteroatoms. The summed E-state index contributed by atoms with van der Waals surface area (Å²) in [4.78, 5) is 11.5. The Labute approximate surface area is 95.1 Å². The lowest BCUT2D eigenvalue weighted by Crippen LogP contribution is -2.09. The maximum absolute atomic E-state index is 11.5. The highest BCUT2D eigenvalue weighted by Crippen LogP contribution is 2.12. The molecule has 0 bridgehead atoms. The van der Waals surface area contributed by atoms with E-state index in [2.05, 4.69) is 0 Å². The Kier molecular flexibility index (Phi) is 5.36. The monoisotopic (exact) mass is 224 g/mol. The van der Waals surface area contributed by atoms with E-state index >= 15 is 0 Å². The zero-order chi connectivity index (χ0) is 11.8. The molecule has 1 rings (SSSR count). The lowest BCUT2D eigenvalue weighted by atomic mass is 10.2. The number of methoxy groups -OCH3 is 1. The number of hydrogen-bond donors (Lipinski definition) is 0. The molecule has 1 aromatic rings. The SMILES string of the molecule is CCOc1ccc(C(=O)OCCOC)cc1. The van der Waals surface area contributed by atoms with Crippen LogP contribution in [0.5, 0.6) is 5.75 Å². The van der Waals surface area contributed by atoms with Crippen molar-refractivity contribution in [2.45, 2.75) is 6.92 Å². The molecular weight excluding hydrogens is 208 g/mol. The van der Waals surface area contributed by atoms with Gasteiger partial charge in [-0.15, -0.1) is 0 Å². The minimum Gasteiger partial charge on any atom is -0.494 e. The third-order valence-electron chi connectivity index (χ3n) is 1.92. The van der Waals surface area contributed by atoms with Crippen LogP contribution in [0.2, 0.25) is 0 Å². The summed E-state index contributed by atoms with van der Waals surface area (Å²) >= 11 is 0. The molecule has 0 amide bonds. The van der Waals surface area contributed by atoms with Gasteiger partial charge in [-0.25, -0.2) is 4.79 Å². The van der Waals surface area contributed by atoms with Crippen LogP contribution in [-0.4, -0.2) is 32.9 Å². The van der Waals surface area contributed by atoms with Crippen LogP contribution in [0, 0.1) is 0 Å². The van der Waals surface area contributed by atoms with Gasteiger partial charge in [-0.05, 0) is 31.2 Å². The summed E-state index contributed by atoms with van der Waals surface area (Å²) < 4.78 is 15.0. The van der Waals surface area contributed by atoms with Gasteiger partial charge in [0.2, 0.25) is 0 Å². The van der Waals surface area contributed by atoms with Crippen LogP contribution in [0.15, 0.2) is 24.3 Å². The predicted molar refractivity (Wildman–Crippen MR) is 59.8 cm³/mol. The highest BCUT2D eigenvalue weighted by atomic mass is 16.6. The number of esters is 1. The lowest BCUT2D eigenvalue weighted by molar-refractivity contribution is 0.0388. The molecule has 0 unspecified atom stereocenters. The summed E-state index contributed by atoms with van der Waals surface area (Å²) in [5, 5.41) is 0. The number of carbonyl (C=O) groups is 1. The summed E-state index contributed by atoms with van der Waals surface area (Å²) in [6, 6.07) is 6.85. The van der Waals surface area contributed by atoms with Crippen LogP contribution in [0.4, 0.5) is 0 Å². The molecular formula is C12H16O4. The van der Waals surface area contributed by atoms with E-state index in [4.69, 9.17) is 14.2 Å². The Morgan fingerprint density at radius 2 is 1.88 bits per heavy atom. The Morgan fingerprint density at radius 1 is 1.19 bits per heavy atom. The molecule has 88 valence electrons. The van der Waals surface area contributed by atoms with Crippen molar-refractivity contribution in [2.75, 3.05) is 26.9 Å². The van der Waals surface area contributed by atoms with Gasteiger partial charge in [0, 0.05) is 7.11 Å². The highest BCUT2D eigenvalue weighted by Gasteiger charge is 2.06. The standard InChI is InChI=1S/C12H16O4/c1-3-15-11-6-4-10(5-7-11)12(13)16-9-8-14-2/h4-7H,3,8-9H2,1-2H3. The van der Waals surface area contributed by atoms with Gasteiger partial charge in [0.1, 0.15) is 12.4 Å². The van der Waals surface area contributed by atoms with Crippen LogP contribution in [-0.2, 0) is 9.47 Å². The molecule has 0 saturated heterocycles. The second kappa shape index (κ2) is 6.85. The molecule has 0 atom stereocenters. The zero-order valence-electron chi connectivity index (χ0n) is 9.56. The van der Waals surface area contributed by atoms with E-state index in [1.807, 2.05) is 6.92 Å². The first-order valence-corrected chi connectivity index (χ1v) is 5.17. The van der Waals surface area contributed by atoms with Crippen molar-refractivity contribution in [3.05, 3.63) is 29.8 Å². The number of ether oxygens (including phenoxy) is 3. The highest BCUT2D eigenvalue weighted by molar-refractivity contribution is 5.89. The molecule has 0 aliphatic rings. The first-order valence-electron chi connectivity index (χ1n) is 5.17. The summed E-state index contributed by atoms with van der Waals surface area (Å²) in [6.45, 7) is 3.19. The predicted octanol–water partition coefficient (Wildman–Crippen LogP) is 1.89. The van der Waals surface area contributed by atoms with Crippen molar-refractivity contribution >= 4 is 5.97 Å². The first kappa shape index (κ1) is 12.5. The molecule has 1 aromatic carbocycles. The van der Waals surface area contributed by atoms with Crippen LogP contribution < -0.4 is 4.74 Å². The van der Waals surface area contributed by atoms with Gasteiger partial charge in [-0.3, -0.25) is 0 Å². The summed E-state index contributed by atoms with van der Waals surface area (Å²) in [7, 11) is 1.56. The van der Waals surface area contributed by atoms with Gasteiger partial charge in [0.15, 0.2) is 0 Å². The Bertz CT molecular complexity index is 318. The van der Waals surface area contributed by atoms with E-state index < -0.39 is 0 Å². The molecule has 0 spiro atoms. The zero-order valence-corrected chi connectivity index (χ0v) is 9.56. The summed E-state index contributed by atoms with van der Waals surface area (Å²) in [5.74, 6) is 0.399. The van der Waals surface area contributed by atoms with E-state index in [1.54, 1.807) is 31.4 Å². The van der Waals surface area contributed by atoms with Gasteiger partial charge < -0.3 is 14.2 Å². The minimum atomic E-state index is -0.347. The third kappa shape index (κ3) is 3.90. The van der Waals surface area contributed by atoms with E-state index in [0.717, 1.165) is 5.75 Å². The fourth-order valence-corrected chi connectivity index (χ4v) is 1.15. The Morgan fingerprint density at radius 3 is 2.44 bits per heavy atom. The van der Waals surface area contributed by atoms with Crippen LogP contribution >= 0.6 is 0 Å². The molecule has 16 heavy (non-hydrogen) atoms. The molecule has 0 fully saturated rings. The van der Waals surface area contributed by atoms with Crippen LogP contribution in [0.25, 0.3) is 0 Å². The van der Waals surface area contributed by atoms with E-state index in [1.165, 1.54) is 0 Å². The molecule has 4 nitrogen and oxygen atoms in total. The number of rotatable bonds is 6. The van der Waals surface area contributed by atoms with Crippen molar-refractivity contribution in [3.8, 4) is 5.75 Å².